The van der Waals surface area contributed by atoms with Crippen LogP contribution in [0.15, 0.2) is 42.9 Å². The highest BCUT2D eigenvalue weighted by Gasteiger charge is 2.54. The maximum absolute atomic E-state index is 12.9. The monoisotopic (exact) mass is 458 g/mol. The molecule has 1 aromatic carbocycles. The summed E-state index contributed by atoms with van der Waals surface area (Å²) in [6.45, 7) is 1.16. The van der Waals surface area contributed by atoms with Gasteiger partial charge < -0.3 is 20.1 Å². The Morgan fingerprint density at radius 2 is 1.91 bits per heavy atom. The summed E-state index contributed by atoms with van der Waals surface area (Å²) in [5, 5.41) is 5.25. The molecule has 172 valence electrons. The van der Waals surface area contributed by atoms with Crippen molar-refractivity contribution in [3.05, 3.63) is 54.1 Å². The fourth-order valence-electron chi connectivity index (χ4n) is 4.80. The van der Waals surface area contributed by atoms with Crippen LogP contribution in [0, 0.1) is 5.41 Å². The second-order valence-electron chi connectivity index (χ2n) is 8.83. The number of anilines is 1. The highest BCUT2D eigenvalue weighted by atomic mass is 19.4. The third-order valence-electron chi connectivity index (χ3n) is 6.34. The van der Waals surface area contributed by atoms with E-state index in [2.05, 4.69) is 20.6 Å². The molecule has 2 fully saturated rings. The van der Waals surface area contributed by atoms with Gasteiger partial charge in [-0.2, -0.15) is 13.2 Å². The molecule has 0 bridgehead atoms. The highest BCUT2D eigenvalue weighted by Crippen LogP contribution is 2.48. The van der Waals surface area contributed by atoms with Crippen LogP contribution in [0.3, 0.4) is 0 Å². The number of aromatic nitrogens is 3. The zero-order valence-electron chi connectivity index (χ0n) is 17.7. The molecular weight excluding hydrogens is 437 g/mol. The van der Waals surface area contributed by atoms with Crippen molar-refractivity contribution in [1.29, 1.82) is 0 Å². The zero-order chi connectivity index (χ0) is 23.4. The molecule has 0 atom stereocenters. The minimum Gasteiger partial charge on any atom is -0.347 e. The number of hydrogen-bond donors (Lipinski definition) is 2. The van der Waals surface area contributed by atoms with Gasteiger partial charge in [0.1, 0.15) is 6.33 Å². The number of rotatable bonds is 3. The average Bonchev–Trinajstić information content (AvgIpc) is 3.09. The lowest BCUT2D eigenvalue weighted by atomic mass is 9.60. The van der Waals surface area contributed by atoms with E-state index in [-0.39, 0.29) is 23.1 Å². The van der Waals surface area contributed by atoms with E-state index in [4.69, 9.17) is 0 Å². The molecular formula is C22H21F3N6O2. The summed E-state index contributed by atoms with van der Waals surface area (Å²) < 4.78 is 40.3. The number of halogens is 3. The smallest absolute Gasteiger partial charge is 0.347 e. The topological polar surface area (TPSA) is 92.2 Å². The maximum atomic E-state index is 12.9. The number of alkyl halides is 3. The first-order valence-corrected chi connectivity index (χ1v) is 10.4. The number of nitrogens with zero attached hydrogens (tertiary/aromatic N) is 4. The van der Waals surface area contributed by atoms with Crippen molar-refractivity contribution in [1.82, 2.24) is 24.8 Å². The first kappa shape index (κ1) is 21.2. The molecule has 1 saturated heterocycles. The van der Waals surface area contributed by atoms with Crippen molar-refractivity contribution in [3.63, 3.8) is 0 Å². The summed E-state index contributed by atoms with van der Waals surface area (Å²) in [5.74, 6) is -0.145. The summed E-state index contributed by atoms with van der Waals surface area (Å²) in [7, 11) is 1.84. The molecule has 2 aromatic heterocycles. The summed E-state index contributed by atoms with van der Waals surface area (Å²) in [6, 6.07) is 5.69. The number of carbonyl (C=O) groups is 2. The molecule has 1 spiro atoms. The minimum atomic E-state index is -4.47. The van der Waals surface area contributed by atoms with Crippen LogP contribution in [-0.2, 0) is 13.2 Å². The van der Waals surface area contributed by atoms with Crippen molar-refractivity contribution < 1.29 is 22.8 Å². The van der Waals surface area contributed by atoms with Gasteiger partial charge in [0.05, 0.1) is 16.6 Å². The zero-order valence-corrected chi connectivity index (χ0v) is 17.7. The maximum Gasteiger partial charge on any atom is 0.416 e. The lowest BCUT2D eigenvalue weighted by Crippen LogP contribution is -2.67. The molecule has 8 nitrogen and oxygen atoms in total. The molecule has 33 heavy (non-hydrogen) atoms. The molecule has 0 unspecified atom stereocenters. The third kappa shape index (κ3) is 3.87. The number of benzene rings is 1. The number of amides is 3. The Balaban J connectivity index is 1.13. The van der Waals surface area contributed by atoms with E-state index >= 15 is 0 Å². The van der Waals surface area contributed by atoms with E-state index in [0.717, 1.165) is 12.1 Å². The Hall–Kier alpha value is -3.63. The van der Waals surface area contributed by atoms with Crippen LogP contribution in [0.2, 0.25) is 0 Å². The van der Waals surface area contributed by atoms with E-state index in [1.54, 1.807) is 4.90 Å². The molecule has 2 N–H and O–H groups in total. The van der Waals surface area contributed by atoms with E-state index in [0.29, 0.717) is 42.7 Å². The van der Waals surface area contributed by atoms with Crippen LogP contribution in [0.1, 0.15) is 28.9 Å². The second-order valence-corrected chi connectivity index (χ2v) is 8.83. The molecule has 0 radical (unpaired) electrons. The van der Waals surface area contributed by atoms with E-state index in [1.165, 1.54) is 18.5 Å². The SMILES string of the molecule is Cn1ccc2ncnc(C(=O)N3CC4(CC(NC(=O)Nc5cccc(C(F)(F)F)c5)C4)C3)c21. The first-order chi connectivity index (χ1) is 15.6. The van der Waals surface area contributed by atoms with Crippen molar-refractivity contribution in [3.8, 4) is 0 Å². The quantitative estimate of drug-likeness (QED) is 0.629. The van der Waals surface area contributed by atoms with Gasteiger partial charge in [-0.3, -0.25) is 4.79 Å². The van der Waals surface area contributed by atoms with Crippen molar-refractivity contribution >= 4 is 28.7 Å². The lowest BCUT2D eigenvalue weighted by Gasteiger charge is -2.58. The molecule has 3 aromatic rings. The van der Waals surface area contributed by atoms with Gasteiger partial charge in [-0.05, 0) is 37.1 Å². The Kier molecular flexibility index (Phi) is 4.80. The van der Waals surface area contributed by atoms with Gasteiger partial charge >= 0.3 is 12.2 Å². The predicted molar refractivity (Wildman–Crippen MR) is 113 cm³/mol. The number of fused-ring (bicyclic) bond motifs is 1. The Morgan fingerprint density at radius 1 is 1.15 bits per heavy atom. The van der Waals surface area contributed by atoms with Gasteiger partial charge in [0.2, 0.25) is 0 Å². The molecule has 1 aliphatic carbocycles. The fourth-order valence-corrected chi connectivity index (χ4v) is 4.80. The number of carbonyl (C=O) groups excluding carboxylic acids is 2. The summed E-state index contributed by atoms with van der Waals surface area (Å²) in [4.78, 5) is 35.3. The normalized spacial score (nSPS) is 17.5. The van der Waals surface area contributed by atoms with E-state index in [1.807, 2.05) is 23.9 Å². The summed E-state index contributed by atoms with van der Waals surface area (Å²) in [5.41, 5.74) is 1.00. The Bertz CT molecular complexity index is 1240. The molecule has 1 saturated carbocycles. The second kappa shape index (κ2) is 7.46. The predicted octanol–water partition coefficient (Wildman–Crippen LogP) is 3.41. The van der Waals surface area contributed by atoms with Gasteiger partial charge in [-0.15, -0.1) is 0 Å². The number of hydrogen-bond acceptors (Lipinski definition) is 4. The van der Waals surface area contributed by atoms with Crippen LogP contribution in [-0.4, -0.2) is 50.5 Å². The number of nitrogens with one attached hydrogen (secondary N) is 2. The summed E-state index contributed by atoms with van der Waals surface area (Å²) >= 11 is 0. The number of likely N-dealkylation sites (tertiary alicyclic amines) is 1. The molecule has 3 heterocycles. The lowest BCUT2D eigenvalue weighted by molar-refractivity contribution is -0.137. The van der Waals surface area contributed by atoms with E-state index < -0.39 is 17.8 Å². The standard InChI is InChI=1S/C22H21F3N6O2/c1-30-6-5-16-18(30)17(27-12-26-16)19(32)31-10-21(11-31)8-15(9-21)29-20(33)28-14-4-2-3-13(7-14)22(23,24)25/h2-7,12,15H,8-11H2,1H3,(H2,28,29,33). The first-order valence-electron chi connectivity index (χ1n) is 10.4. The van der Waals surface area contributed by atoms with Crippen LogP contribution >= 0.6 is 0 Å². The summed E-state index contributed by atoms with van der Waals surface area (Å²) in [6.07, 6.45) is 0.157. The molecule has 2 aliphatic rings. The van der Waals surface area contributed by atoms with Crippen LogP contribution in [0.5, 0.6) is 0 Å². The fraction of sp³-hybridized carbons (Fsp3) is 0.364. The van der Waals surface area contributed by atoms with Gasteiger partial charge in [0, 0.05) is 43.5 Å². The minimum absolute atomic E-state index is 0.0375. The van der Waals surface area contributed by atoms with E-state index in [9.17, 15) is 22.8 Å². The van der Waals surface area contributed by atoms with Gasteiger partial charge in [0.15, 0.2) is 5.69 Å². The third-order valence-corrected chi connectivity index (χ3v) is 6.34. The van der Waals surface area contributed by atoms with Crippen molar-refractivity contribution in [2.24, 2.45) is 12.5 Å². The van der Waals surface area contributed by atoms with Crippen molar-refractivity contribution in [2.75, 3.05) is 18.4 Å². The van der Waals surface area contributed by atoms with Crippen LogP contribution in [0.25, 0.3) is 11.0 Å². The number of urea groups is 1. The largest absolute Gasteiger partial charge is 0.416 e. The van der Waals surface area contributed by atoms with Crippen LogP contribution < -0.4 is 10.6 Å². The van der Waals surface area contributed by atoms with Crippen molar-refractivity contribution in [2.45, 2.75) is 25.1 Å². The average molecular weight is 458 g/mol. The Labute approximate surface area is 186 Å². The van der Waals surface area contributed by atoms with Crippen LogP contribution in [0.4, 0.5) is 23.7 Å². The van der Waals surface area contributed by atoms with Gasteiger partial charge in [0.25, 0.3) is 5.91 Å². The molecule has 1 aliphatic heterocycles. The molecule has 5 rings (SSSR count). The molecule has 3 amide bonds. The van der Waals surface area contributed by atoms with Gasteiger partial charge in [-0.1, -0.05) is 6.07 Å². The molecule has 11 heteroatoms. The Morgan fingerprint density at radius 3 is 2.64 bits per heavy atom. The van der Waals surface area contributed by atoms with Gasteiger partial charge in [-0.25, -0.2) is 14.8 Å². The highest BCUT2D eigenvalue weighted by molar-refractivity contribution is 6.03. The number of aryl methyl sites for hydroxylation is 1.